The van der Waals surface area contributed by atoms with Gasteiger partial charge in [0.1, 0.15) is 0 Å². The molecule has 1 rings (SSSR count). The van der Waals surface area contributed by atoms with Gasteiger partial charge in [0.15, 0.2) is 0 Å². The fourth-order valence-corrected chi connectivity index (χ4v) is 3.03. The molecule has 0 fully saturated rings. The van der Waals surface area contributed by atoms with Gasteiger partial charge < -0.3 is 4.42 Å². The Morgan fingerprint density at radius 1 is 1.33 bits per heavy atom. The normalized spacial score (nSPS) is 12.5. The Morgan fingerprint density at radius 2 is 2.06 bits per heavy atom. The van der Waals surface area contributed by atoms with Gasteiger partial charge in [0.25, 0.3) is 10.2 Å². The third-order valence-electron chi connectivity index (χ3n) is 2.84. The smallest absolute Gasteiger partial charge is 0.282 e. The number of nitrogens with zero attached hydrogens (tertiary/aromatic N) is 2. The van der Waals surface area contributed by atoms with E-state index in [0.29, 0.717) is 19.6 Å². The van der Waals surface area contributed by atoms with Crippen LogP contribution in [0.15, 0.2) is 23.0 Å². The van der Waals surface area contributed by atoms with Crippen LogP contribution in [0.4, 0.5) is 0 Å². The second-order valence-corrected chi connectivity index (χ2v) is 6.28. The number of rotatable bonds is 8. The molecule has 104 valence electrons. The molecule has 5 nitrogen and oxygen atoms in total. The van der Waals surface area contributed by atoms with Gasteiger partial charge in [-0.25, -0.2) is 0 Å². The highest BCUT2D eigenvalue weighted by Gasteiger charge is 2.25. The van der Waals surface area contributed by atoms with Crippen LogP contribution < -0.4 is 0 Å². The van der Waals surface area contributed by atoms with Crippen LogP contribution in [0, 0.1) is 0 Å². The van der Waals surface area contributed by atoms with Crippen molar-refractivity contribution >= 4 is 10.2 Å². The molecule has 0 aliphatic rings. The van der Waals surface area contributed by atoms with Crippen LogP contribution in [0.3, 0.4) is 0 Å². The molecule has 0 saturated heterocycles. The zero-order chi connectivity index (χ0) is 13.6. The Bertz CT molecular complexity index is 428. The van der Waals surface area contributed by atoms with Crippen LogP contribution in [-0.4, -0.2) is 37.2 Å². The molecule has 0 saturated carbocycles. The lowest BCUT2D eigenvalue weighted by atomic mass is 10.3. The van der Waals surface area contributed by atoms with Crippen molar-refractivity contribution in [2.75, 3.05) is 20.1 Å². The fourth-order valence-electron chi connectivity index (χ4n) is 1.64. The molecule has 1 heterocycles. The first-order chi connectivity index (χ1) is 8.52. The summed E-state index contributed by atoms with van der Waals surface area (Å²) in [7, 11) is -1.75. The van der Waals surface area contributed by atoms with Crippen molar-refractivity contribution in [3.63, 3.8) is 0 Å². The third kappa shape index (κ3) is 3.83. The molecule has 0 N–H and O–H groups in total. The molecule has 1 aromatic rings. The highest BCUT2D eigenvalue weighted by molar-refractivity contribution is 7.86. The molecule has 6 heteroatoms. The summed E-state index contributed by atoms with van der Waals surface area (Å²) < 4.78 is 32.5. The van der Waals surface area contributed by atoms with Crippen LogP contribution in [0.25, 0.3) is 0 Å². The van der Waals surface area contributed by atoms with Crippen molar-refractivity contribution in [3.05, 3.63) is 24.2 Å². The monoisotopic (exact) mass is 274 g/mol. The van der Waals surface area contributed by atoms with Gasteiger partial charge in [-0.2, -0.15) is 17.0 Å². The molecule has 0 atom stereocenters. The molecule has 0 amide bonds. The van der Waals surface area contributed by atoms with Crippen LogP contribution in [0.2, 0.25) is 0 Å². The minimum atomic E-state index is -3.37. The first-order valence-corrected chi connectivity index (χ1v) is 7.64. The fraction of sp³-hybridized carbons (Fsp3) is 0.667. The van der Waals surface area contributed by atoms with Crippen molar-refractivity contribution in [2.45, 2.75) is 33.2 Å². The number of hydrogen-bond donors (Lipinski definition) is 0. The second-order valence-electron chi connectivity index (χ2n) is 4.24. The van der Waals surface area contributed by atoms with E-state index < -0.39 is 10.2 Å². The summed E-state index contributed by atoms with van der Waals surface area (Å²) in [6.45, 7) is 5.24. The van der Waals surface area contributed by atoms with Crippen LogP contribution in [0.1, 0.15) is 32.3 Å². The van der Waals surface area contributed by atoms with E-state index in [9.17, 15) is 8.42 Å². The van der Waals surface area contributed by atoms with E-state index in [1.54, 1.807) is 25.6 Å². The summed E-state index contributed by atoms with van der Waals surface area (Å²) in [6, 6.07) is 1.78. The number of hydrogen-bond acceptors (Lipinski definition) is 3. The second kappa shape index (κ2) is 6.92. The molecule has 0 unspecified atom stereocenters. The number of furan rings is 1. The molecule has 0 aliphatic heterocycles. The molecule has 0 aromatic carbocycles. The first kappa shape index (κ1) is 15.2. The predicted octanol–water partition coefficient (Wildman–Crippen LogP) is 2.08. The van der Waals surface area contributed by atoms with Crippen molar-refractivity contribution in [3.8, 4) is 0 Å². The number of unbranched alkanes of at least 4 members (excludes halogenated alkanes) is 1. The minimum absolute atomic E-state index is 0.353. The van der Waals surface area contributed by atoms with Gasteiger partial charge in [0, 0.05) is 32.2 Å². The predicted molar refractivity (Wildman–Crippen MR) is 71.2 cm³/mol. The maximum atomic E-state index is 12.3. The lowest BCUT2D eigenvalue weighted by Crippen LogP contribution is -2.41. The largest absolute Gasteiger partial charge is 0.472 e. The molecular weight excluding hydrogens is 252 g/mol. The Kier molecular flexibility index (Phi) is 5.84. The highest BCUT2D eigenvalue weighted by atomic mass is 32.2. The molecule has 18 heavy (non-hydrogen) atoms. The summed E-state index contributed by atoms with van der Waals surface area (Å²) in [6.07, 6.45) is 4.98. The zero-order valence-corrected chi connectivity index (χ0v) is 12.1. The molecule has 0 radical (unpaired) electrons. The van der Waals surface area contributed by atoms with Gasteiger partial charge in [0.2, 0.25) is 0 Å². The summed E-state index contributed by atoms with van der Waals surface area (Å²) in [4.78, 5) is 0. The van der Waals surface area contributed by atoms with Gasteiger partial charge in [-0.15, -0.1) is 0 Å². The lowest BCUT2D eigenvalue weighted by Gasteiger charge is -2.26. The van der Waals surface area contributed by atoms with E-state index in [-0.39, 0.29) is 0 Å². The summed E-state index contributed by atoms with van der Waals surface area (Å²) in [5.74, 6) is 0. The van der Waals surface area contributed by atoms with E-state index in [0.717, 1.165) is 18.4 Å². The Labute approximate surface area is 110 Å². The van der Waals surface area contributed by atoms with Crippen LogP contribution >= 0.6 is 0 Å². The van der Waals surface area contributed by atoms with Crippen molar-refractivity contribution < 1.29 is 12.8 Å². The Hall–Kier alpha value is -0.850. The van der Waals surface area contributed by atoms with Crippen molar-refractivity contribution in [1.82, 2.24) is 8.61 Å². The maximum absolute atomic E-state index is 12.3. The van der Waals surface area contributed by atoms with E-state index in [1.807, 2.05) is 13.8 Å². The zero-order valence-electron chi connectivity index (χ0n) is 11.3. The minimum Gasteiger partial charge on any atom is -0.472 e. The molecule has 0 spiro atoms. The average molecular weight is 274 g/mol. The van der Waals surface area contributed by atoms with Crippen LogP contribution in [-0.2, 0) is 16.8 Å². The van der Waals surface area contributed by atoms with E-state index in [1.165, 1.54) is 8.61 Å². The Morgan fingerprint density at radius 3 is 2.56 bits per heavy atom. The lowest BCUT2D eigenvalue weighted by molar-refractivity contribution is 0.360. The van der Waals surface area contributed by atoms with E-state index in [4.69, 9.17) is 4.42 Å². The maximum Gasteiger partial charge on any atom is 0.282 e. The van der Waals surface area contributed by atoms with Gasteiger partial charge in [-0.3, -0.25) is 0 Å². The standard InChI is InChI=1S/C12H22N2O3S/c1-4-6-8-13(3)18(15,16)14(5-2)10-12-7-9-17-11-12/h7,9,11H,4-6,8,10H2,1-3H3. The average Bonchev–Trinajstić information content (AvgIpc) is 2.85. The van der Waals surface area contributed by atoms with Gasteiger partial charge in [-0.05, 0) is 12.5 Å². The molecule has 0 aliphatic carbocycles. The van der Waals surface area contributed by atoms with Crippen molar-refractivity contribution in [1.29, 1.82) is 0 Å². The van der Waals surface area contributed by atoms with Gasteiger partial charge in [0.05, 0.1) is 12.5 Å². The summed E-state index contributed by atoms with van der Waals surface area (Å²) in [5, 5.41) is 0. The molecular formula is C12H22N2O3S. The summed E-state index contributed by atoms with van der Waals surface area (Å²) >= 11 is 0. The van der Waals surface area contributed by atoms with Crippen molar-refractivity contribution in [2.24, 2.45) is 0 Å². The van der Waals surface area contributed by atoms with Crippen LogP contribution in [0.5, 0.6) is 0 Å². The van der Waals surface area contributed by atoms with Gasteiger partial charge in [-0.1, -0.05) is 20.3 Å². The topological polar surface area (TPSA) is 53.8 Å². The van der Waals surface area contributed by atoms with E-state index in [2.05, 4.69) is 0 Å². The first-order valence-electron chi connectivity index (χ1n) is 6.24. The Balaban J connectivity index is 2.73. The SMILES string of the molecule is CCCCN(C)S(=O)(=O)N(CC)Cc1ccoc1. The molecule has 0 bridgehead atoms. The van der Waals surface area contributed by atoms with Gasteiger partial charge >= 0.3 is 0 Å². The van der Waals surface area contributed by atoms with E-state index >= 15 is 0 Å². The third-order valence-corrected chi connectivity index (χ3v) is 4.85. The highest BCUT2D eigenvalue weighted by Crippen LogP contribution is 2.13. The quantitative estimate of drug-likeness (QED) is 0.729. The summed E-state index contributed by atoms with van der Waals surface area (Å²) in [5.41, 5.74) is 0.865. The molecule has 1 aromatic heterocycles.